The summed E-state index contributed by atoms with van der Waals surface area (Å²) in [6, 6.07) is 23.2. The summed E-state index contributed by atoms with van der Waals surface area (Å²) in [6.07, 6.45) is 4.44. The monoisotopic (exact) mass is 531 g/mol. The fourth-order valence-electron chi connectivity index (χ4n) is 5.78. The smallest absolute Gasteiger partial charge is 0.334 e. The molecule has 1 aliphatic carbocycles. The van der Waals surface area contributed by atoms with Crippen LogP contribution in [0.4, 0.5) is 0 Å². The van der Waals surface area contributed by atoms with Crippen molar-refractivity contribution in [3.63, 3.8) is 0 Å². The van der Waals surface area contributed by atoms with E-state index in [1.807, 2.05) is 57.2 Å². The van der Waals surface area contributed by atoms with Crippen molar-refractivity contribution in [1.29, 1.82) is 5.26 Å². The predicted octanol–water partition coefficient (Wildman–Crippen LogP) is 6.94. The summed E-state index contributed by atoms with van der Waals surface area (Å²) in [6.45, 7) is 16.7. The van der Waals surface area contributed by atoms with Crippen molar-refractivity contribution in [3.05, 3.63) is 72.3 Å². The molecule has 0 saturated heterocycles. The van der Waals surface area contributed by atoms with Gasteiger partial charge >= 0.3 is 5.97 Å². The van der Waals surface area contributed by atoms with Gasteiger partial charge in [-0.05, 0) is 67.8 Å². The maximum atomic E-state index is 13.8. The highest BCUT2D eigenvalue weighted by molar-refractivity contribution is 6.99. The molecule has 204 valence electrons. The summed E-state index contributed by atoms with van der Waals surface area (Å²) in [4.78, 5) is 13.8. The predicted molar refractivity (Wildman–Crippen MR) is 158 cm³/mol. The molecule has 0 radical (unpaired) electrons. The second-order valence-corrected chi connectivity index (χ2v) is 17.2. The van der Waals surface area contributed by atoms with Crippen molar-refractivity contribution in [2.24, 2.45) is 11.3 Å². The minimum Gasteiger partial charge on any atom is -0.458 e. The third-order valence-corrected chi connectivity index (χ3v) is 13.1. The normalized spacial score (nSPS) is 21.2. The molecule has 38 heavy (non-hydrogen) atoms. The first-order valence-electron chi connectivity index (χ1n) is 13.9. The van der Waals surface area contributed by atoms with E-state index >= 15 is 0 Å². The molecule has 0 unspecified atom stereocenters. The van der Waals surface area contributed by atoms with E-state index in [0.29, 0.717) is 18.8 Å². The van der Waals surface area contributed by atoms with Crippen LogP contribution in [0.2, 0.25) is 5.04 Å². The Kier molecular flexibility index (Phi) is 9.11. The number of rotatable bonds is 8. The maximum Gasteiger partial charge on any atom is 0.334 e. The lowest BCUT2D eigenvalue weighted by Gasteiger charge is -2.45. The molecule has 2 aromatic rings. The van der Waals surface area contributed by atoms with Crippen LogP contribution in [0.5, 0.6) is 0 Å². The Morgan fingerprint density at radius 1 is 1.03 bits per heavy atom. The first kappa shape index (κ1) is 29.9. The number of carbonyl (C=O) groups is 1. The Balaban J connectivity index is 2.13. The van der Waals surface area contributed by atoms with E-state index in [4.69, 9.17) is 9.16 Å². The van der Waals surface area contributed by atoms with E-state index in [1.54, 1.807) is 0 Å². The quantitative estimate of drug-likeness (QED) is 0.273. The fraction of sp³-hybridized carbons (Fsp3) is 0.515. The van der Waals surface area contributed by atoms with E-state index in [-0.39, 0.29) is 16.4 Å². The van der Waals surface area contributed by atoms with Gasteiger partial charge in [0, 0.05) is 11.0 Å². The van der Waals surface area contributed by atoms with Gasteiger partial charge in [0.1, 0.15) is 11.7 Å². The molecule has 2 aromatic carbocycles. The molecule has 0 amide bonds. The Hall–Kier alpha value is -2.68. The number of hydrogen-bond donors (Lipinski definition) is 0. The zero-order valence-corrected chi connectivity index (χ0v) is 25.5. The molecule has 0 bridgehead atoms. The van der Waals surface area contributed by atoms with Gasteiger partial charge in [-0.1, -0.05) is 101 Å². The van der Waals surface area contributed by atoms with Crippen molar-refractivity contribution < 1.29 is 14.0 Å². The summed E-state index contributed by atoms with van der Waals surface area (Å²) in [5, 5.41) is 11.9. The van der Waals surface area contributed by atoms with Gasteiger partial charge in [0.05, 0.1) is 6.07 Å². The van der Waals surface area contributed by atoms with E-state index in [9.17, 15) is 10.1 Å². The molecule has 0 fully saturated rings. The number of allylic oxidation sites excluding steroid dienone is 2. The van der Waals surface area contributed by atoms with Crippen LogP contribution in [0.3, 0.4) is 0 Å². The highest BCUT2D eigenvalue weighted by Crippen LogP contribution is 2.46. The van der Waals surface area contributed by atoms with E-state index in [0.717, 1.165) is 28.8 Å². The third-order valence-electron chi connectivity index (χ3n) is 8.10. The van der Waals surface area contributed by atoms with Gasteiger partial charge in [0.25, 0.3) is 8.32 Å². The van der Waals surface area contributed by atoms with Crippen LogP contribution in [0.25, 0.3) is 0 Å². The average Bonchev–Trinajstić information content (AvgIpc) is 2.85. The Morgan fingerprint density at radius 3 is 2.00 bits per heavy atom. The molecule has 0 spiro atoms. The van der Waals surface area contributed by atoms with Crippen LogP contribution >= 0.6 is 0 Å². The molecular formula is C33H45NO3Si. The van der Waals surface area contributed by atoms with Crippen molar-refractivity contribution >= 4 is 24.7 Å². The van der Waals surface area contributed by atoms with Crippen LogP contribution < -0.4 is 10.4 Å². The second-order valence-electron chi connectivity index (χ2n) is 13.0. The largest absolute Gasteiger partial charge is 0.458 e. The van der Waals surface area contributed by atoms with Crippen LogP contribution in [0.15, 0.2) is 72.3 Å². The number of carbonyl (C=O) groups excluding carboxylic acids is 1. The lowest BCUT2D eigenvalue weighted by atomic mass is 9.65. The Bertz CT molecular complexity index is 1120. The van der Waals surface area contributed by atoms with Gasteiger partial charge in [0.15, 0.2) is 0 Å². The van der Waals surface area contributed by atoms with Gasteiger partial charge in [-0.15, -0.1) is 0 Å². The zero-order chi connectivity index (χ0) is 28.2. The zero-order valence-electron chi connectivity index (χ0n) is 24.5. The maximum absolute atomic E-state index is 13.8. The highest BCUT2D eigenvalue weighted by atomic mass is 28.4. The first-order valence-corrected chi connectivity index (χ1v) is 15.8. The Labute approximate surface area is 231 Å². The summed E-state index contributed by atoms with van der Waals surface area (Å²) in [5.41, 5.74) is -0.115. The average molecular weight is 532 g/mol. The summed E-state index contributed by atoms with van der Waals surface area (Å²) in [5.74, 6) is 0.00865. The van der Waals surface area contributed by atoms with Crippen molar-refractivity contribution in [1.82, 2.24) is 0 Å². The summed E-state index contributed by atoms with van der Waals surface area (Å²) in [7, 11) is -2.98. The SMILES string of the molecule is C[C@H]1CCC=C(C#N)[C@]1(C)CC[C@H](O[Si](c1ccccc1)(c1ccccc1)C(C)(C)C)C(=O)OC(C)(C)C. The summed E-state index contributed by atoms with van der Waals surface area (Å²) >= 11 is 0. The first-order chi connectivity index (χ1) is 17.7. The molecule has 0 aromatic heterocycles. The van der Waals surface area contributed by atoms with Crippen LogP contribution in [0, 0.1) is 22.7 Å². The number of nitriles is 1. The molecular weight excluding hydrogens is 486 g/mol. The van der Waals surface area contributed by atoms with Crippen molar-refractivity contribution in [3.8, 4) is 6.07 Å². The third kappa shape index (κ3) is 6.30. The van der Waals surface area contributed by atoms with Crippen LogP contribution in [-0.4, -0.2) is 26.0 Å². The Morgan fingerprint density at radius 2 is 1.55 bits per heavy atom. The molecule has 4 nitrogen and oxygen atoms in total. The lowest BCUT2D eigenvalue weighted by molar-refractivity contribution is -0.164. The number of hydrogen-bond acceptors (Lipinski definition) is 4. The fourth-order valence-corrected chi connectivity index (χ4v) is 10.4. The number of ether oxygens (including phenoxy) is 1. The van der Waals surface area contributed by atoms with E-state index in [1.165, 1.54) is 0 Å². The number of nitrogens with zero attached hydrogens (tertiary/aromatic N) is 1. The molecule has 3 rings (SSSR count). The topological polar surface area (TPSA) is 59.3 Å². The lowest BCUT2D eigenvalue weighted by Crippen LogP contribution is -2.68. The highest BCUT2D eigenvalue weighted by Gasteiger charge is 2.53. The van der Waals surface area contributed by atoms with Gasteiger partial charge in [-0.2, -0.15) is 5.26 Å². The molecule has 0 N–H and O–H groups in total. The van der Waals surface area contributed by atoms with Gasteiger partial charge in [-0.3, -0.25) is 0 Å². The molecule has 0 heterocycles. The molecule has 3 atom stereocenters. The van der Waals surface area contributed by atoms with Gasteiger partial charge < -0.3 is 9.16 Å². The second kappa shape index (κ2) is 11.6. The summed E-state index contributed by atoms with van der Waals surface area (Å²) < 4.78 is 13.2. The minimum atomic E-state index is -2.98. The van der Waals surface area contributed by atoms with Gasteiger partial charge in [0.2, 0.25) is 0 Å². The van der Waals surface area contributed by atoms with E-state index < -0.39 is 20.0 Å². The van der Waals surface area contributed by atoms with E-state index in [2.05, 4.69) is 71.0 Å². The minimum absolute atomic E-state index is 0.268. The number of esters is 1. The molecule has 1 aliphatic rings. The number of benzene rings is 2. The van der Waals surface area contributed by atoms with Crippen molar-refractivity contribution in [2.45, 2.75) is 97.8 Å². The molecule has 0 aliphatic heterocycles. The standard InChI is InChI=1S/C33H45NO3Si/c1-25-16-15-17-26(24-34)33(25,8)23-22-29(30(35)36-31(2,3)4)37-38(32(5,6)7,27-18-11-9-12-19-27)28-20-13-10-14-21-28/h9-14,17-21,25,29H,15-16,22-23H2,1-8H3/t25-,29-,33+/m0/s1. The van der Waals surface area contributed by atoms with Crippen molar-refractivity contribution in [2.75, 3.05) is 0 Å². The van der Waals surface area contributed by atoms with Gasteiger partial charge in [-0.25, -0.2) is 4.79 Å². The van der Waals surface area contributed by atoms with Crippen LogP contribution in [0.1, 0.15) is 81.1 Å². The molecule has 5 heteroatoms. The van der Waals surface area contributed by atoms with Crippen LogP contribution in [-0.2, 0) is 14.0 Å². The molecule has 0 saturated carbocycles.